The molecule has 0 amide bonds. The zero-order valence-corrected chi connectivity index (χ0v) is 22.9. The van der Waals surface area contributed by atoms with Gasteiger partial charge in [0.05, 0.1) is 16.6 Å². The van der Waals surface area contributed by atoms with Crippen molar-refractivity contribution in [3.05, 3.63) is 73.9 Å². The molecule has 4 rings (SSSR count). The van der Waals surface area contributed by atoms with Gasteiger partial charge in [-0.3, -0.25) is 14.3 Å². The molecule has 0 aliphatic carbocycles. The molecule has 0 spiro atoms. The maximum Gasteiger partial charge on any atom is 0.416 e. The van der Waals surface area contributed by atoms with E-state index in [1.807, 2.05) is 0 Å². The Morgan fingerprint density at radius 3 is 2.30 bits per heavy atom. The molecule has 4 aromatic rings. The number of carbonyl (C=O) groups is 1. The highest BCUT2D eigenvalue weighted by atomic mass is 35.5. The van der Waals surface area contributed by atoms with E-state index in [9.17, 15) is 27.9 Å². The first-order valence-corrected chi connectivity index (χ1v) is 12.5. The predicted octanol–water partition coefficient (Wildman–Crippen LogP) is 4.24. The lowest BCUT2D eigenvalue weighted by Gasteiger charge is -2.15. The van der Waals surface area contributed by atoms with Crippen molar-refractivity contribution in [3.8, 4) is 17.1 Å². The third-order valence-corrected chi connectivity index (χ3v) is 6.28. The molecule has 3 heterocycles. The van der Waals surface area contributed by atoms with E-state index in [0.29, 0.717) is 9.59 Å². The first-order chi connectivity index (χ1) is 18.8. The zero-order chi connectivity index (χ0) is 29.4. The Bertz CT molecular complexity index is 1580. The zero-order valence-electron chi connectivity index (χ0n) is 20.6. The second-order valence-corrected chi connectivity index (χ2v) is 9.69. The predicted molar refractivity (Wildman–Crippen MR) is 137 cm³/mol. The summed E-state index contributed by atoms with van der Waals surface area (Å²) in [5, 5.41) is 18.8. The Morgan fingerprint density at radius 2 is 1.73 bits per heavy atom. The minimum absolute atomic E-state index is 0.0382. The van der Waals surface area contributed by atoms with E-state index in [1.165, 1.54) is 55.2 Å². The van der Waals surface area contributed by atoms with Crippen LogP contribution in [0.15, 0.2) is 41.5 Å². The number of aliphatic hydroxyl groups excluding tert-OH is 1. The van der Waals surface area contributed by atoms with Crippen LogP contribution in [0.5, 0.6) is 0 Å². The summed E-state index contributed by atoms with van der Waals surface area (Å²) >= 11 is 18.5. The third-order valence-electron chi connectivity index (χ3n) is 5.47. The lowest BCUT2D eigenvalue weighted by atomic mass is 10.2. The third kappa shape index (κ3) is 6.30. The molecule has 0 fully saturated rings. The normalized spacial score (nSPS) is 13.3. The van der Waals surface area contributed by atoms with Crippen LogP contribution in [0.4, 0.5) is 13.2 Å². The molecule has 3 aromatic heterocycles. The van der Waals surface area contributed by atoms with Crippen molar-refractivity contribution < 1.29 is 27.8 Å². The van der Waals surface area contributed by atoms with Crippen LogP contribution in [0.2, 0.25) is 15.1 Å². The number of halogens is 6. The number of ether oxygens (including phenoxy) is 1. The van der Waals surface area contributed by atoms with Gasteiger partial charge in [0, 0.05) is 29.9 Å². The largest absolute Gasteiger partial charge is 0.455 e. The Hall–Kier alpha value is -3.46. The van der Waals surface area contributed by atoms with Gasteiger partial charge < -0.3 is 9.84 Å². The van der Waals surface area contributed by atoms with Crippen LogP contribution in [0.1, 0.15) is 31.6 Å². The van der Waals surface area contributed by atoms with Gasteiger partial charge in [-0.1, -0.05) is 34.8 Å². The van der Waals surface area contributed by atoms with Crippen LogP contribution in [0, 0.1) is 0 Å². The van der Waals surface area contributed by atoms with Crippen LogP contribution in [0.3, 0.4) is 0 Å². The number of esters is 1. The van der Waals surface area contributed by atoms with Crippen LogP contribution >= 0.6 is 34.8 Å². The molecule has 0 saturated carbocycles. The van der Waals surface area contributed by atoms with Gasteiger partial charge in [-0.25, -0.2) is 19.1 Å². The number of carbonyl (C=O) groups excluding carboxylic acids is 1. The van der Waals surface area contributed by atoms with Gasteiger partial charge in [-0.2, -0.15) is 13.2 Å². The Balaban J connectivity index is 1.82. The average molecular weight is 621 g/mol. The fourth-order valence-electron chi connectivity index (χ4n) is 3.70. The van der Waals surface area contributed by atoms with Gasteiger partial charge in [0.1, 0.15) is 12.2 Å². The molecule has 1 N–H and O–H groups in total. The Morgan fingerprint density at radius 1 is 1.10 bits per heavy atom. The smallest absolute Gasteiger partial charge is 0.416 e. The fraction of sp³-hybridized carbons (Fsp3) is 0.304. The molecule has 2 atom stereocenters. The maximum atomic E-state index is 13.2. The minimum atomic E-state index is -4.98. The lowest BCUT2D eigenvalue weighted by Crippen LogP contribution is -2.37. The number of pyridine rings is 1. The number of rotatable bonds is 8. The van der Waals surface area contributed by atoms with E-state index >= 15 is 0 Å². The van der Waals surface area contributed by atoms with Crippen molar-refractivity contribution in [1.82, 2.24) is 34.1 Å². The van der Waals surface area contributed by atoms with E-state index in [0.717, 1.165) is 4.68 Å². The standard InChI is InChI=1S/C23H19Cl3F3N7O4/c1-11(40-12(2)37)20-31-18(32-36(20)19-15(25)7-30-8-16(19)26)10-35-22(39)34(9-17(38)23(27,28)29)21(33-35)13-3-5-14(24)6-4-13/h3-8,11,17,38H,9-10H2,1-2H3/t11-,17?/m1/s1. The summed E-state index contributed by atoms with van der Waals surface area (Å²) in [5.74, 6) is -0.721. The first kappa shape index (κ1) is 29.5. The molecule has 1 unspecified atom stereocenters. The van der Waals surface area contributed by atoms with Crippen LogP contribution < -0.4 is 5.69 Å². The van der Waals surface area contributed by atoms with Gasteiger partial charge >= 0.3 is 17.8 Å². The highest BCUT2D eigenvalue weighted by Crippen LogP contribution is 2.30. The quantitative estimate of drug-likeness (QED) is 0.290. The molecule has 0 aliphatic heterocycles. The summed E-state index contributed by atoms with van der Waals surface area (Å²) in [6.07, 6.45) is -6.15. The van der Waals surface area contributed by atoms with Crippen LogP contribution in [-0.2, 0) is 22.6 Å². The molecule has 17 heteroatoms. The summed E-state index contributed by atoms with van der Waals surface area (Å²) in [7, 11) is 0. The molecule has 11 nitrogen and oxygen atoms in total. The number of aliphatic hydroxyl groups is 1. The van der Waals surface area contributed by atoms with E-state index in [1.54, 1.807) is 0 Å². The second kappa shape index (κ2) is 11.6. The van der Waals surface area contributed by atoms with Gasteiger partial charge in [0.15, 0.2) is 29.7 Å². The van der Waals surface area contributed by atoms with E-state index in [2.05, 4.69) is 20.2 Å². The highest BCUT2D eigenvalue weighted by Gasteiger charge is 2.39. The van der Waals surface area contributed by atoms with E-state index < -0.39 is 43.1 Å². The summed E-state index contributed by atoms with van der Waals surface area (Å²) in [6, 6.07) is 5.87. The number of hydrogen-bond donors (Lipinski definition) is 1. The highest BCUT2D eigenvalue weighted by molar-refractivity contribution is 6.37. The Kier molecular flexibility index (Phi) is 8.54. The number of hydrogen-bond acceptors (Lipinski definition) is 8. The van der Waals surface area contributed by atoms with Crippen molar-refractivity contribution in [2.75, 3.05) is 0 Å². The van der Waals surface area contributed by atoms with Crippen LogP contribution in [-0.4, -0.2) is 57.5 Å². The lowest BCUT2D eigenvalue weighted by molar-refractivity contribution is -0.207. The number of nitrogens with zero attached hydrogens (tertiary/aromatic N) is 7. The summed E-state index contributed by atoms with van der Waals surface area (Å²) in [5.41, 5.74) is -0.536. The topological polar surface area (TPSA) is 130 Å². The van der Waals surface area contributed by atoms with Crippen molar-refractivity contribution in [1.29, 1.82) is 0 Å². The fourth-order valence-corrected chi connectivity index (χ4v) is 4.35. The maximum absolute atomic E-state index is 13.2. The summed E-state index contributed by atoms with van der Waals surface area (Å²) < 4.78 is 47.4. The van der Waals surface area contributed by atoms with Crippen molar-refractivity contribution in [2.45, 2.75) is 45.3 Å². The molecule has 40 heavy (non-hydrogen) atoms. The molecule has 0 aliphatic rings. The Labute approximate surface area is 238 Å². The average Bonchev–Trinajstić information content (AvgIpc) is 3.40. The van der Waals surface area contributed by atoms with Gasteiger partial charge in [0.25, 0.3) is 0 Å². The molecule has 0 saturated heterocycles. The summed E-state index contributed by atoms with van der Waals surface area (Å²) in [6.45, 7) is 1.19. The van der Waals surface area contributed by atoms with Crippen molar-refractivity contribution in [3.63, 3.8) is 0 Å². The van der Waals surface area contributed by atoms with Crippen LogP contribution in [0.25, 0.3) is 17.1 Å². The molecular formula is C23H19Cl3F3N7O4. The molecule has 0 radical (unpaired) electrons. The summed E-state index contributed by atoms with van der Waals surface area (Å²) in [4.78, 5) is 33.1. The van der Waals surface area contributed by atoms with Crippen molar-refractivity contribution >= 4 is 40.8 Å². The molecule has 0 bridgehead atoms. The number of alkyl halides is 3. The SMILES string of the molecule is CC(=O)O[C@H](C)c1nc(Cn2nc(-c3ccc(Cl)cc3)n(CC(O)C(F)(F)F)c2=O)nn1-c1c(Cl)cncc1Cl. The number of aromatic nitrogens is 7. The second-order valence-electron chi connectivity index (χ2n) is 8.44. The van der Waals surface area contributed by atoms with Gasteiger partial charge in [-0.05, 0) is 31.2 Å². The van der Waals surface area contributed by atoms with E-state index in [-0.39, 0.29) is 38.8 Å². The minimum Gasteiger partial charge on any atom is -0.455 e. The molecular weight excluding hydrogens is 602 g/mol. The van der Waals surface area contributed by atoms with Gasteiger partial charge in [-0.15, -0.1) is 10.2 Å². The number of benzene rings is 1. The van der Waals surface area contributed by atoms with Gasteiger partial charge in [0.2, 0.25) is 0 Å². The molecule has 1 aromatic carbocycles. The van der Waals surface area contributed by atoms with E-state index in [4.69, 9.17) is 39.5 Å². The van der Waals surface area contributed by atoms with Crippen molar-refractivity contribution in [2.24, 2.45) is 0 Å². The molecule has 212 valence electrons. The first-order valence-electron chi connectivity index (χ1n) is 11.4. The monoisotopic (exact) mass is 619 g/mol.